The van der Waals surface area contributed by atoms with Crippen LogP contribution in [0.3, 0.4) is 0 Å². The number of para-hydroxylation sites is 1. The number of halogens is 1. The van der Waals surface area contributed by atoms with Gasteiger partial charge in [-0.1, -0.05) is 60.7 Å². The largest absolute Gasteiger partial charge is 0.457 e. The molecule has 0 radical (unpaired) electrons. The number of nitrogens with zero attached hydrogens (tertiary/aromatic N) is 1. The Morgan fingerprint density at radius 2 is 1.26 bits per heavy atom. The number of ether oxygens (including phenoxy) is 1. The lowest BCUT2D eigenvalue weighted by Gasteiger charge is -2.07. The van der Waals surface area contributed by atoms with E-state index in [0.717, 1.165) is 45.4 Å². The van der Waals surface area contributed by atoms with E-state index in [0.29, 0.717) is 0 Å². The van der Waals surface area contributed by atoms with Crippen LogP contribution in [0.25, 0.3) is 33.9 Å². The molecule has 0 aliphatic heterocycles. The summed E-state index contributed by atoms with van der Waals surface area (Å²) < 4.78 is 7.12. The van der Waals surface area contributed by atoms with Crippen LogP contribution < -0.4 is 4.74 Å². The Hall–Kier alpha value is -3.38. The summed E-state index contributed by atoms with van der Waals surface area (Å²) in [4.78, 5) is 8.52. The molecule has 5 rings (SSSR count). The Labute approximate surface area is 194 Å². The van der Waals surface area contributed by atoms with Gasteiger partial charge >= 0.3 is 0 Å². The molecule has 0 unspecified atom stereocenters. The molecule has 0 aliphatic rings. The van der Waals surface area contributed by atoms with Gasteiger partial charge in [-0.2, -0.15) is 0 Å². The standard InChI is InChI=1S/C27H19IN2O/c28-22-11-7-10-21(18-22)27-29-25(19-8-3-1-4-9-19)26(30-27)20-14-16-24(17-15-20)31-23-12-5-2-6-13-23/h1-18H,(H,29,30). The predicted octanol–water partition coefficient (Wildman–Crippen LogP) is 7.81. The van der Waals surface area contributed by atoms with E-state index in [1.165, 1.54) is 3.57 Å². The number of benzene rings is 4. The van der Waals surface area contributed by atoms with Gasteiger partial charge in [-0.25, -0.2) is 4.98 Å². The van der Waals surface area contributed by atoms with Gasteiger partial charge in [-0.05, 0) is 71.1 Å². The van der Waals surface area contributed by atoms with Crippen LogP contribution in [0.5, 0.6) is 11.5 Å². The minimum atomic E-state index is 0.800. The zero-order valence-corrected chi connectivity index (χ0v) is 18.8. The maximum absolute atomic E-state index is 5.95. The van der Waals surface area contributed by atoms with Crippen molar-refractivity contribution in [3.63, 3.8) is 0 Å². The highest BCUT2D eigenvalue weighted by molar-refractivity contribution is 14.1. The monoisotopic (exact) mass is 514 g/mol. The van der Waals surface area contributed by atoms with Crippen molar-refractivity contribution in [2.75, 3.05) is 0 Å². The SMILES string of the molecule is Ic1cccc(-c2nc(-c3ccccc3)c(-c3ccc(Oc4ccccc4)cc3)[nH]2)c1. The zero-order valence-electron chi connectivity index (χ0n) is 16.6. The van der Waals surface area contributed by atoms with Gasteiger partial charge in [-0.3, -0.25) is 0 Å². The molecule has 31 heavy (non-hydrogen) atoms. The smallest absolute Gasteiger partial charge is 0.138 e. The predicted molar refractivity (Wildman–Crippen MR) is 134 cm³/mol. The summed E-state index contributed by atoms with van der Waals surface area (Å²) in [7, 11) is 0. The number of hydrogen-bond donors (Lipinski definition) is 1. The second-order valence-electron chi connectivity index (χ2n) is 7.12. The van der Waals surface area contributed by atoms with Crippen molar-refractivity contribution in [2.24, 2.45) is 0 Å². The molecular weight excluding hydrogens is 495 g/mol. The first-order chi connectivity index (χ1) is 15.3. The third-order valence-electron chi connectivity index (χ3n) is 4.97. The van der Waals surface area contributed by atoms with Crippen molar-refractivity contribution in [2.45, 2.75) is 0 Å². The van der Waals surface area contributed by atoms with Crippen LogP contribution in [0.15, 0.2) is 109 Å². The summed E-state index contributed by atoms with van der Waals surface area (Å²) in [5, 5.41) is 0. The van der Waals surface area contributed by atoms with Crippen LogP contribution in [-0.2, 0) is 0 Å². The molecule has 0 amide bonds. The van der Waals surface area contributed by atoms with Gasteiger partial charge in [0, 0.05) is 20.3 Å². The van der Waals surface area contributed by atoms with E-state index in [2.05, 4.69) is 76.1 Å². The fourth-order valence-electron chi connectivity index (χ4n) is 3.47. The van der Waals surface area contributed by atoms with E-state index in [9.17, 15) is 0 Å². The summed E-state index contributed by atoms with van der Waals surface area (Å²) in [6, 6.07) is 36.5. The van der Waals surface area contributed by atoms with Crippen LogP contribution in [0, 0.1) is 3.57 Å². The fraction of sp³-hybridized carbons (Fsp3) is 0. The Morgan fingerprint density at radius 3 is 1.97 bits per heavy atom. The van der Waals surface area contributed by atoms with Crippen molar-refractivity contribution in [3.05, 3.63) is 113 Å². The minimum Gasteiger partial charge on any atom is -0.457 e. The maximum Gasteiger partial charge on any atom is 0.138 e. The lowest BCUT2D eigenvalue weighted by Crippen LogP contribution is -1.86. The van der Waals surface area contributed by atoms with Crippen LogP contribution in [0.2, 0.25) is 0 Å². The zero-order chi connectivity index (χ0) is 21.0. The van der Waals surface area contributed by atoms with Gasteiger partial charge in [0.15, 0.2) is 0 Å². The molecule has 4 heteroatoms. The maximum atomic E-state index is 5.95. The molecule has 0 aliphatic carbocycles. The van der Waals surface area contributed by atoms with Crippen molar-refractivity contribution in [1.29, 1.82) is 0 Å². The summed E-state index contributed by atoms with van der Waals surface area (Å²) in [6.45, 7) is 0. The number of aromatic amines is 1. The number of imidazole rings is 1. The van der Waals surface area contributed by atoms with E-state index in [4.69, 9.17) is 9.72 Å². The number of H-pyrrole nitrogens is 1. The highest BCUT2D eigenvalue weighted by Gasteiger charge is 2.15. The van der Waals surface area contributed by atoms with Gasteiger partial charge in [-0.15, -0.1) is 0 Å². The van der Waals surface area contributed by atoms with Gasteiger partial charge in [0.1, 0.15) is 17.3 Å². The average molecular weight is 514 g/mol. The lowest BCUT2D eigenvalue weighted by molar-refractivity contribution is 0.483. The van der Waals surface area contributed by atoms with E-state index >= 15 is 0 Å². The molecule has 0 fully saturated rings. The number of rotatable bonds is 5. The van der Waals surface area contributed by atoms with Gasteiger partial charge < -0.3 is 9.72 Å². The molecule has 0 atom stereocenters. The first-order valence-electron chi connectivity index (χ1n) is 10.0. The topological polar surface area (TPSA) is 37.9 Å². The molecule has 0 bridgehead atoms. The third kappa shape index (κ3) is 4.39. The van der Waals surface area contributed by atoms with Gasteiger partial charge in [0.05, 0.1) is 11.4 Å². The summed E-state index contributed by atoms with van der Waals surface area (Å²) in [6.07, 6.45) is 0. The Bertz CT molecular complexity index is 1300. The van der Waals surface area contributed by atoms with E-state index in [1.54, 1.807) is 0 Å². The van der Waals surface area contributed by atoms with Crippen LogP contribution >= 0.6 is 22.6 Å². The molecule has 3 nitrogen and oxygen atoms in total. The molecule has 1 N–H and O–H groups in total. The molecule has 1 aromatic heterocycles. The Morgan fingerprint density at radius 1 is 0.613 bits per heavy atom. The van der Waals surface area contributed by atoms with Crippen molar-refractivity contribution in [1.82, 2.24) is 9.97 Å². The molecule has 150 valence electrons. The van der Waals surface area contributed by atoms with Crippen LogP contribution in [-0.4, -0.2) is 9.97 Å². The molecule has 0 saturated carbocycles. The van der Waals surface area contributed by atoms with E-state index < -0.39 is 0 Å². The quantitative estimate of drug-likeness (QED) is 0.243. The molecule has 1 heterocycles. The van der Waals surface area contributed by atoms with Crippen molar-refractivity contribution < 1.29 is 4.74 Å². The number of aromatic nitrogens is 2. The first kappa shape index (κ1) is 19.6. The first-order valence-corrected chi connectivity index (χ1v) is 11.1. The van der Waals surface area contributed by atoms with E-state index in [1.807, 2.05) is 60.7 Å². The minimum absolute atomic E-state index is 0.800. The molecule has 0 saturated heterocycles. The molecule has 0 spiro atoms. The average Bonchev–Trinajstić information content (AvgIpc) is 3.27. The van der Waals surface area contributed by atoms with Gasteiger partial charge in [0.25, 0.3) is 0 Å². The van der Waals surface area contributed by atoms with Crippen LogP contribution in [0.1, 0.15) is 0 Å². The lowest BCUT2D eigenvalue weighted by atomic mass is 10.1. The van der Waals surface area contributed by atoms with Crippen molar-refractivity contribution >= 4 is 22.6 Å². The molecule has 5 aromatic rings. The summed E-state index contributed by atoms with van der Waals surface area (Å²) in [5.74, 6) is 2.48. The summed E-state index contributed by atoms with van der Waals surface area (Å²) in [5.41, 5.74) is 5.13. The number of hydrogen-bond acceptors (Lipinski definition) is 2. The summed E-state index contributed by atoms with van der Waals surface area (Å²) >= 11 is 2.33. The highest BCUT2D eigenvalue weighted by atomic mass is 127. The fourth-order valence-corrected chi connectivity index (χ4v) is 4.02. The highest BCUT2D eigenvalue weighted by Crippen LogP contribution is 2.34. The van der Waals surface area contributed by atoms with Crippen molar-refractivity contribution in [3.8, 4) is 45.4 Å². The Balaban J connectivity index is 1.54. The van der Waals surface area contributed by atoms with E-state index in [-0.39, 0.29) is 0 Å². The van der Waals surface area contributed by atoms with Crippen LogP contribution in [0.4, 0.5) is 0 Å². The Kier molecular flexibility index (Phi) is 5.54. The second kappa shape index (κ2) is 8.78. The molecule has 4 aromatic carbocycles. The molecular formula is C27H19IN2O. The number of nitrogens with one attached hydrogen (secondary N) is 1. The third-order valence-corrected chi connectivity index (χ3v) is 5.64. The van der Waals surface area contributed by atoms with Gasteiger partial charge in [0.2, 0.25) is 0 Å². The normalized spacial score (nSPS) is 10.7. The second-order valence-corrected chi connectivity index (χ2v) is 8.37.